The van der Waals surface area contributed by atoms with E-state index in [1.807, 2.05) is 0 Å². The van der Waals surface area contributed by atoms with Crippen LogP contribution in [0.2, 0.25) is 0 Å². The number of ether oxygens (including phenoxy) is 1. The average molecular weight is 225 g/mol. The van der Waals surface area contributed by atoms with Crippen LogP contribution in [0.1, 0.15) is 26.3 Å². The molecule has 1 amide bonds. The number of nitrogens with one attached hydrogen (secondary N) is 1. The van der Waals surface area contributed by atoms with E-state index in [-0.39, 0.29) is 12.4 Å². The average Bonchev–Trinajstić information content (AvgIpc) is 2.12. The van der Waals surface area contributed by atoms with Crippen LogP contribution in [0.25, 0.3) is 0 Å². The van der Waals surface area contributed by atoms with Gasteiger partial charge in [0.2, 0.25) is 0 Å². The van der Waals surface area contributed by atoms with Crippen LogP contribution in [-0.2, 0) is 11.3 Å². The van der Waals surface area contributed by atoms with Crippen molar-refractivity contribution in [3.05, 3.63) is 35.6 Å². The van der Waals surface area contributed by atoms with Crippen LogP contribution < -0.4 is 5.32 Å². The van der Waals surface area contributed by atoms with Gasteiger partial charge in [-0.3, -0.25) is 0 Å². The smallest absolute Gasteiger partial charge is 0.407 e. The van der Waals surface area contributed by atoms with Crippen LogP contribution >= 0.6 is 0 Å². The highest BCUT2D eigenvalue weighted by molar-refractivity contribution is 5.67. The molecule has 0 bridgehead atoms. The molecule has 0 atom stereocenters. The Labute approximate surface area is 94.6 Å². The van der Waals surface area contributed by atoms with E-state index in [9.17, 15) is 9.18 Å². The molecule has 1 aromatic carbocycles. The van der Waals surface area contributed by atoms with Gasteiger partial charge in [-0.1, -0.05) is 12.1 Å². The molecule has 0 heterocycles. The largest absolute Gasteiger partial charge is 0.444 e. The van der Waals surface area contributed by atoms with Gasteiger partial charge < -0.3 is 10.1 Å². The molecule has 1 aromatic rings. The summed E-state index contributed by atoms with van der Waals surface area (Å²) < 4.78 is 17.9. The molecule has 1 N–H and O–H groups in total. The van der Waals surface area contributed by atoms with Gasteiger partial charge in [0.25, 0.3) is 0 Å². The summed E-state index contributed by atoms with van der Waals surface area (Å²) in [5, 5.41) is 2.55. The second kappa shape index (κ2) is 4.96. The maximum atomic E-state index is 12.8. The zero-order valence-electron chi connectivity index (χ0n) is 9.71. The summed E-state index contributed by atoms with van der Waals surface area (Å²) in [4.78, 5) is 11.3. The highest BCUT2D eigenvalue weighted by Crippen LogP contribution is 2.07. The van der Waals surface area contributed by atoms with Crippen molar-refractivity contribution in [2.75, 3.05) is 0 Å². The maximum absolute atomic E-state index is 12.8. The predicted octanol–water partition coefficient (Wildman–Crippen LogP) is 2.85. The third kappa shape index (κ3) is 4.77. The van der Waals surface area contributed by atoms with E-state index >= 15 is 0 Å². The molecule has 0 radical (unpaired) electrons. The maximum Gasteiger partial charge on any atom is 0.407 e. The molecule has 88 valence electrons. The fourth-order valence-corrected chi connectivity index (χ4v) is 1.14. The Kier molecular flexibility index (Phi) is 3.88. The summed E-state index contributed by atoms with van der Waals surface area (Å²) in [5.41, 5.74) is 0.178. The standard InChI is InChI=1S/C12H16FNO2/c1-12(2,3)16-11(15)14-8-9-5-4-6-10(13)7-9/h4-7H,8H2,1-3H3,(H,14,15). The molecule has 0 fully saturated rings. The van der Waals surface area contributed by atoms with Crippen LogP contribution in [0, 0.1) is 5.82 Å². The van der Waals surface area contributed by atoms with Crippen LogP contribution in [0.3, 0.4) is 0 Å². The van der Waals surface area contributed by atoms with E-state index in [2.05, 4.69) is 5.32 Å². The van der Waals surface area contributed by atoms with E-state index in [1.165, 1.54) is 12.1 Å². The molecule has 4 heteroatoms. The lowest BCUT2D eigenvalue weighted by atomic mass is 10.2. The topological polar surface area (TPSA) is 38.3 Å². The monoisotopic (exact) mass is 225 g/mol. The first kappa shape index (κ1) is 12.5. The normalized spacial score (nSPS) is 11.0. The Hall–Kier alpha value is -1.58. The Bertz CT molecular complexity index is 372. The molecular formula is C12H16FNO2. The SMILES string of the molecule is CC(C)(C)OC(=O)NCc1cccc(F)c1. The number of halogens is 1. The summed E-state index contributed by atoms with van der Waals surface area (Å²) in [6.45, 7) is 5.62. The third-order valence-electron chi connectivity index (χ3n) is 1.72. The second-order valence-corrected chi connectivity index (χ2v) is 4.49. The number of rotatable bonds is 2. The lowest BCUT2D eigenvalue weighted by Crippen LogP contribution is -2.32. The van der Waals surface area contributed by atoms with E-state index < -0.39 is 11.7 Å². The lowest BCUT2D eigenvalue weighted by Gasteiger charge is -2.19. The first-order valence-corrected chi connectivity index (χ1v) is 5.08. The predicted molar refractivity (Wildman–Crippen MR) is 59.5 cm³/mol. The highest BCUT2D eigenvalue weighted by atomic mass is 19.1. The summed E-state index contributed by atoms with van der Waals surface area (Å²) in [5.74, 6) is -0.316. The van der Waals surface area contributed by atoms with E-state index in [0.717, 1.165) is 0 Å². The minimum atomic E-state index is -0.522. The molecule has 0 unspecified atom stereocenters. The molecule has 0 saturated carbocycles. The van der Waals surface area contributed by atoms with E-state index in [1.54, 1.807) is 32.9 Å². The Balaban J connectivity index is 2.43. The molecule has 0 saturated heterocycles. The minimum Gasteiger partial charge on any atom is -0.444 e. The molecule has 0 aliphatic heterocycles. The minimum absolute atomic E-state index is 0.257. The van der Waals surface area contributed by atoms with Gasteiger partial charge in [0.05, 0.1) is 0 Å². The van der Waals surface area contributed by atoms with Crippen molar-refractivity contribution >= 4 is 6.09 Å². The van der Waals surface area contributed by atoms with Crippen molar-refractivity contribution in [2.45, 2.75) is 32.9 Å². The number of carbonyl (C=O) groups is 1. The van der Waals surface area contributed by atoms with Crippen molar-refractivity contribution in [1.82, 2.24) is 5.32 Å². The van der Waals surface area contributed by atoms with E-state index in [0.29, 0.717) is 5.56 Å². The fraction of sp³-hybridized carbons (Fsp3) is 0.417. The number of benzene rings is 1. The Morgan fingerprint density at radius 2 is 2.12 bits per heavy atom. The fourth-order valence-electron chi connectivity index (χ4n) is 1.14. The van der Waals surface area contributed by atoms with Gasteiger partial charge in [0, 0.05) is 6.54 Å². The van der Waals surface area contributed by atoms with E-state index in [4.69, 9.17) is 4.74 Å². The van der Waals surface area contributed by atoms with Crippen LogP contribution in [0.5, 0.6) is 0 Å². The molecule has 0 aliphatic rings. The van der Waals surface area contributed by atoms with Crippen LogP contribution in [-0.4, -0.2) is 11.7 Å². The number of hydrogen-bond donors (Lipinski definition) is 1. The first-order valence-electron chi connectivity index (χ1n) is 5.08. The number of hydrogen-bond acceptors (Lipinski definition) is 2. The van der Waals surface area contributed by atoms with Crippen molar-refractivity contribution < 1.29 is 13.9 Å². The van der Waals surface area contributed by atoms with Gasteiger partial charge in [-0.25, -0.2) is 9.18 Å². The Morgan fingerprint density at radius 1 is 1.44 bits per heavy atom. The highest BCUT2D eigenvalue weighted by Gasteiger charge is 2.15. The Morgan fingerprint density at radius 3 is 2.69 bits per heavy atom. The van der Waals surface area contributed by atoms with Gasteiger partial charge in [-0.2, -0.15) is 0 Å². The van der Waals surface area contributed by atoms with Crippen molar-refractivity contribution in [3.8, 4) is 0 Å². The molecule has 1 rings (SSSR count). The summed E-state index contributed by atoms with van der Waals surface area (Å²) in [7, 11) is 0. The molecule has 0 aliphatic carbocycles. The quantitative estimate of drug-likeness (QED) is 0.840. The number of carbonyl (C=O) groups excluding carboxylic acids is 1. The lowest BCUT2D eigenvalue weighted by molar-refractivity contribution is 0.0523. The zero-order valence-corrected chi connectivity index (χ0v) is 9.71. The molecular weight excluding hydrogens is 209 g/mol. The van der Waals surface area contributed by atoms with Crippen LogP contribution in [0.4, 0.5) is 9.18 Å². The number of amides is 1. The molecule has 0 aromatic heterocycles. The van der Waals surface area contributed by atoms with Gasteiger partial charge in [0.15, 0.2) is 0 Å². The zero-order chi connectivity index (χ0) is 12.2. The molecule has 0 spiro atoms. The van der Waals surface area contributed by atoms with Crippen molar-refractivity contribution in [2.24, 2.45) is 0 Å². The second-order valence-electron chi connectivity index (χ2n) is 4.49. The van der Waals surface area contributed by atoms with Crippen LogP contribution in [0.15, 0.2) is 24.3 Å². The first-order chi connectivity index (χ1) is 7.37. The van der Waals surface area contributed by atoms with Gasteiger partial charge in [-0.15, -0.1) is 0 Å². The molecule has 16 heavy (non-hydrogen) atoms. The summed E-state index contributed by atoms with van der Waals surface area (Å²) in [6.07, 6.45) is -0.503. The third-order valence-corrected chi connectivity index (χ3v) is 1.72. The van der Waals surface area contributed by atoms with Crippen molar-refractivity contribution in [1.29, 1.82) is 0 Å². The van der Waals surface area contributed by atoms with Gasteiger partial charge in [0.1, 0.15) is 11.4 Å². The van der Waals surface area contributed by atoms with Gasteiger partial charge >= 0.3 is 6.09 Å². The summed E-state index contributed by atoms with van der Waals surface area (Å²) in [6, 6.07) is 6.07. The summed E-state index contributed by atoms with van der Waals surface area (Å²) >= 11 is 0. The van der Waals surface area contributed by atoms with Crippen molar-refractivity contribution in [3.63, 3.8) is 0 Å². The number of alkyl carbamates (subject to hydrolysis) is 1. The van der Waals surface area contributed by atoms with Gasteiger partial charge in [-0.05, 0) is 38.5 Å². The molecule has 3 nitrogen and oxygen atoms in total.